The zero-order valence-electron chi connectivity index (χ0n) is 15.9. The Morgan fingerprint density at radius 1 is 0.966 bits per heavy atom. The van der Waals surface area contributed by atoms with E-state index in [4.69, 9.17) is 21.1 Å². The van der Waals surface area contributed by atoms with Crippen molar-refractivity contribution < 1.29 is 28.6 Å². The van der Waals surface area contributed by atoms with Gasteiger partial charge in [-0.25, -0.2) is 4.79 Å². The number of esters is 2. The molecule has 0 aliphatic heterocycles. The Bertz CT molecular complexity index is 810. The Labute approximate surface area is 173 Å². The molecule has 0 saturated carbocycles. The molecule has 0 aliphatic rings. The minimum Gasteiger partial charge on any atom is -0.461 e. The third-order valence-corrected chi connectivity index (χ3v) is 4.15. The summed E-state index contributed by atoms with van der Waals surface area (Å²) in [6.45, 7) is 0.898. The van der Waals surface area contributed by atoms with Crippen molar-refractivity contribution in [3.63, 3.8) is 0 Å². The zero-order chi connectivity index (χ0) is 21.1. The van der Waals surface area contributed by atoms with Crippen LogP contribution < -0.4 is 5.32 Å². The van der Waals surface area contributed by atoms with Gasteiger partial charge in [-0.05, 0) is 29.7 Å². The van der Waals surface area contributed by atoms with Crippen LogP contribution in [0.25, 0.3) is 0 Å². The molecule has 1 N–H and O–H groups in total. The monoisotopic (exact) mass is 419 g/mol. The van der Waals surface area contributed by atoms with Crippen molar-refractivity contribution in [2.45, 2.75) is 32.4 Å². The molecular weight excluding hydrogens is 398 g/mol. The molecule has 2 rings (SSSR count). The van der Waals surface area contributed by atoms with E-state index < -0.39 is 24.9 Å². The fourth-order valence-corrected chi connectivity index (χ4v) is 2.57. The summed E-state index contributed by atoms with van der Waals surface area (Å²) in [5, 5.41) is 3.20. The Kier molecular flexibility index (Phi) is 8.98. The van der Waals surface area contributed by atoms with Crippen LogP contribution in [0.4, 0.5) is 4.79 Å². The summed E-state index contributed by atoms with van der Waals surface area (Å²) >= 11 is 5.91. The van der Waals surface area contributed by atoms with E-state index in [1.54, 1.807) is 24.3 Å². The Hall–Kier alpha value is -3.06. The number of alkyl carbamates (subject to hydrolysis) is 1. The fourth-order valence-electron chi connectivity index (χ4n) is 2.44. The van der Waals surface area contributed by atoms with Crippen LogP contribution in [-0.4, -0.2) is 24.8 Å². The number of amides is 1. The summed E-state index contributed by atoms with van der Waals surface area (Å²) in [5.41, 5.74) is 1.64. The van der Waals surface area contributed by atoms with E-state index in [0.717, 1.165) is 11.1 Å². The molecule has 0 aliphatic carbocycles. The zero-order valence-corrected chi connectivity index (χ0v) is 16.7. The highest BCUT2D eigenvalue weighted by Gasteiger charge is 2.18. The molecular formula is C21H22ClNO6. The lowest BCUT2D eigenvalue weighted by Crippen LogP contribution is -2.30. The Balaban J connectivity index is 1.90. The second-order valence-electron chi connectivity index (χ2n) is 6.12. The molecule has 1 amide bonds. The van der Waals surface area contributed by atoms with Gasteiger partial charge in [0.1, 0.15) is 6.61 Å². The van der Waals surface area contributed by atoms with Gasteiger partial charge in [0.25, 0.3) is 0 Å². The van der Waals surface area contributed by atoms with Crippen molar-refractivity contribution in [1.29, 1.82) is 0 Å². The lowest BCUT2D eigenvalue weighted by molar-refractivity contribution is -0.149. The number of hydrogen-bond acceptors (Lipinski definition) is 6. The van der Waals surface area contributed by atoms with E-state index in [1.807, 2.05) is 30.3 Å². The summed E-state index contributed by atoms with van der Waals surface area (Å²) in [6.07, 6.45) is -0.397. The van der Waals surface area contributed by atoms with Crippen LogP contribution in [0.2, 0.25) is 5.02 Å². The highest BCUT2D eigenvalue weighted by molar-refractivity contribution is 6.30. The smallest absolute Gasteiger partial charge is 0.410 e. The van der Waals surface area contributed by atoms with E-state index in [9.17, 15) is 14.4 Å². The molecule has 1 unspecified atom stereocenters. The summed E-state index contributed by atoms with van der Waals surface area (Å²) in [5.74, 6) is -0.948. The number of benzene rings is 2. The van der Waals surface area contributed by atoms with Crippen LogP contribution in [0.15, 0.2) is 54.6 Å². The molecule has 154 valence electrons. The molecule has 0 aromatic heterocycles. The predicted molar refractivity (Wildman–Crippen MR) is 106 cm³/mol. The van der Waals surface area contributed by atoms with Crippen molar-refractivity contribution in [3.05, 3.63) is 70.7 Å². The molecule has 2 aromatic rings. The number of carbonyl (C=O) groups is 3. The van der Waals surface area contributed by atoms with Crippen LogP contribution in [0.5, 0.6) is 0 Å². The molecule has 0 radical (unpaired) electrons. The van der Waals surface area contributed by atoms with E-state index in [1.165, 1.54) is 6.92 Å². The highest BCUT2D eigenvalue weighted by atomic mass is 35.5. The first-order valence-corrected chi connectivity index (χ1v) is 9.33. The van der Waals surface area contributed by atoms with Crippen molar-refractivity contribution in [3.8, 4) is 0 Å². The lowest BCUT2D eigenvalue weighted by Gasteiger charge is -2.19. The first kappa shape index (κ1) is 22.2. The first-order chi connectivity index (χ1) is 13.9. The van der Waals surface area contributed by atoms with Crippen molar-refractivity contribution >= 4 is 29.6 Å². The van der Waals surface area contributed by atoms with Crippen LogP contribution >= 0.6 is 11.6 Å². The Morgan fingerprint density at radius 3 is 2.31 bits per heavy atom. The number of nitrogens with one attached hydrogen (secondary N) is 1. The molecule has 0 saturated heterocycles. The molecule has 8 heteroatoms. The molecule has 7 nitrogen and oxygen atoms in total. The molecule has 2 aromatic carbocycles. The maximum atomic E-state index is 12.1. The highest BCUT2D eigenvalue weighted by Crippen LogP contribution is 2.21. The standard InChI is InChI=1S/C21H22ClNO6/c1-15(24)28-14-29-21(26)23-19(17-7-9-18(22)10-8-17)11-12-20(25)27-13-16-5-3-2-4-6-16/h2-10,19H,11-14H2,1H3,(H,23,26). The quantitative estimate of drug-likeness (QED) is 0.485. The number of hydrogen-bond donors (Lipinski definition) is 1. The molecule has 29 heavy (non-hydrogen) atoms. The van der Waals surface area contributed by atoms with Crippen LogP contribution in [0.1, 0.15) is 36.9 Å². The van der Waals surface area contributed by atoms with Crippen LogP contribution in [0, 0.1) is 0 Å². The van der Waals surface area contributed by atoms with Gasteiger partial charge in [-0.15, -0.1) is 0 Å². The van der Waals surface area contributed by atoms with Gasteiger partial charge < -0.3 is 19.5 Å². The van der Waals surface area contributed by atoms with Gasteiger partial charge in [-0.1, -0.05) is 54.1 Å². The third kappa shape index (κ3) is 8.66. The van der Waals surface area contributed by atoms with Crippen molar-refractivity contribution in [2.75, 3.05) is 6.79 Å². The fraction of sp³-hybridized carbons (Fsp3) is 0.286. The van der Waals surface area contributed by atoms with E-state index >= 15 is 0 Å². The third-order valence-electron chi connectivity index (χ3n) is 3.90. The van der Waals surface area contributed by atoms with Crippen LogP contribution in [-0.2, 0) is 30.4 Å². The molecule has 0 spiro atoms. The van der Waals surface area contributed by atoms with Gasteiger partial charge in [0.05, 0.1) is 6.04 Å². The normalized spacial score (nSPS) is 11.2. The summed E-state index contributed by atoms with van der Waals surface area (Å²) < 4.78 is 14.6. The Morgan fingerprint density at radius 2 is 1.66 bits per heavy atom. The molecule has 0 fully saturated rings. The molecule has 0 bridgehead atoms. The molecule has 1 atom stereocenters. The first-order valence-electron chi connectivity index (χ1n) is 8.95. The second kappa shape index (κ2) is 11.7. The van der Waals surface area contributed by atoms with Gasteiger partial charge in [0.15, 0.2) is 0 Å². The largest absolute Gasteiger partial charge is 0.461 e. The van der Waals surface area contributed by atoms with Gasteiger partial charge in [-0.3, -0.25) is 9.59 Å². The lowest BCUT2D eigenvalue weighted by atomic mass is 10.0. The number of halogens is 1. The topological polar surface area (TPSA) is 90.9 Å². The van der Waals surface area contributed by atoms with E-state index in [-0.39, 0.29) is 25.4 Å². The van der Waals surface area contributed by atoms with Gasteiger partial charge in [0, 0.05) is 18.4 Å². The van der Waals surface area contributed by atoms with Crippen LogP contribution in [0.3, 0.4) is 0 Å². The van der Waals surface area contributed by atoms with Crippen molar-refractivity contribution in [1.82, 2.24) is 5.32 Å². The maximum absolute atomic E-state index is 12.1. The number of ether oxygens (including phenoxy) is 3. The number of carbonyl (C=O) groups excluding carboxylic acids is 3. The average molecular weight is 420 g/mol. The number of rotatable bonds is 9. The van der Waals surface area contributed by atoms with Crippen molar-refractivity contribution in [2.24, 2.45) is 0 Å². The summed E-state index contributed by atoms with van der Waals surface area (Å²) in [4.78, 5) is 34.8. The summed E-state index contributed by atoms with van der Waals surface area (Å²) in [6, 6.07) is 15.7. The van der Waals surface area contributed by atoms with E-state index in [2.05, 4.69) is 10.1 Å². The second-order valence-corrected chi connectivity index (χ2v) is 6.56. The average Bonchev–Trinajstić information content (AvgIpc) is 2.70. The van der Waals surface area contributed by atoms with Gasteiger partial charge >= 0.3 is 18.0 Å². The molecule has 0 heterocycles. The minimum atomic E-state index is -0.774. The van der Waals surface area contributed by atoms with Gasteiger partial charge in [-0.2, -0.15) is 0 Å². The summed E-state index contributed by atoms with van der Waals surface area (Å²) in [7, 11) is 0. The maximum Gasteiger partial charge on any atom is 0.410 e. The SMILES string of the molecule is CC(=O)OCOC(=O)NC(CCC(=O)OCc1ccccc1)c1ccc(Cl)cc1. The van der Waals surface area contributed by atoms with Gasteiger partial charge in [0.2, 0.25) is 6.79 Å². The van der Waals surface area contributed by atoms with E-state index in [0.29, 0.717) is 5.02 Å². The predicted octanol–water partition coefficient (Wildman–Crippen LogP) is 4.15. The minimum absolute atomic E-state index is 0.0877.